The first kappa shape index (κ1) is 12.8. The van der Waals surface area contributed by atoms with Gasteiger partial charge in [0.1, 0.15) is 5.82 Å². The fourth-order valence-electron chi connectivity index (χ4n) is 2.00. The Morgan fingerprint density at radius 2 is 1.80 bits per heavy atom. The van der Waals surface area contributed by atoms with Crippen LogP contribution in [0.15, 0.2) is 45.7 Å². The zero-order chi connectivity index (χ0) is 14.3. The van der Waals surface area contributed by atoms with Crippen LogP contribution in [0.1, 0.15) is 15.9 Å². The number of benzene rings is 2. The molecule has 0 fully saturated rings. The molecule has 3 aromatic rings. The molecule has 4 nitrogen and oxygen atoms in total. The van der Waals surface area contributed by atoms with E-state index in [-0.39, 0.29) is 11.3 Å². The molecule has 1 aromatic heterocycles. The number of rotatable bonds is 2. The van der Waals surface area contributed by atoms with Gasteiger partial charge in [0, 0.05) is 10.0 Å². The summed E-state index contributed by atoms with van der Waals surface area (Å²) in [5.41, 5.74) is 1.07. The topological polar surface area (TPSA) is 65.7 Å². The minimum absolute atomic E-state index is 0.00886. The summed E-state index contributed by atoms with van der Waals surface area (Å²) >= 11 is 3.14. The van der Waals surface area contributed by atoms with Gasteiger partial charge in [-0.25, -0.2) is 9.18 Å². The van der Waals surface area contributed by atoms with Gasteiger partial charge >= 0.3 is 5.69 Å². The highest BCUT2D eigenvalue weighted by Crippen LogP contribution is 2.19. The predicted molar refractivity (Wildman–Crippen MR) is 76.5 cm³/mol. The Morgan fingerprint density at radius 1 is 1.05 bits per heavy atom. The summed E-state index contributed by atoms with van der Waals surface area (Å²) in [5.74, 6) is -1.02. The van der Waals surface area contributed by atoms with Gasteiger partial charge in [-0.1, -0.05) is 15.9 Å². The zero-order valence-electron chi connectivity index (χ0n) is 10.0. The van der Waals surface area contributed by atoms with Crippen LogP contribution in [0.4, 0.5) is 4.39 Å². The molecule has 0 atom stereocenters. The van der Waals surface area contributed by atoms with Gasteiger partial charge in [-0.15, -0.1) is 0 Å². The fraction of sp³-hybridized carbons (Fsp3) is 0. The molecule has 0 bridgehead atoms. The maximum atomic E-state index is 13.8. The lowest BCUT2D eigenvalue weighted by Gasteiger charge is -2.03. The van der Waals surface area contributed by atoms with E-state index in [0.29, 0.717) is 21.1 Å². The molecule has 0 aliphatic heterocycles. The molecule has 0 saturated carbocycles. The number of carbonyl (C=O) groups excluding carboxylic acids is 1. The minimum Gasteiger partial charge on any atom is -0.306 e. The average molecular weight is 335 g/mol. The van der Waals surface area contributed by atoms with E-state index >= 15 is 0 Å². The lowest BCUT2D eigenvalue weighted by molar-refractivity contribution is 0.103. The molecule has 0 amide bonds. The van der Waals surface area contributed by atoms with Crippen molar-refractivity contribution in [3.8, 4) is 0 Å². The monoisotopic (exact) mass is 334 g/mol. The van der Waals surface area contributed by atoms with Crippen LogP contribution in [-0.4, -0.2) is 15.8 Å². The van der Waals surface area contributed by atoms with Crippen molar-refractivity contribution in [3.05, 3.63) is 68.3 Å². The molecular formula is C14H8BrFN2O2. The highest BCUT2D eigenvalue weighted by atomic mass is 79.9. The van der Waals surface area contributed by atoms with Gasteiger partial charge in [0.05, 0.1) is 16.6 Å². The Labute approximate surface area is 120 Å². The van der Waals surface area contributed by atoms with E-state index in [2.05, 4.69) is 25.9 Å². The van der Waals surface area contributed by atoms with Crippen LogP contribution in [0.25, 0.3) is 11.0 Å². The van der Waals surface area contributed by atoms with Gasteiger partial charge in [0.15, 0.2) is 5.78 Å². The summed E-state index contributed by atoms with van der Waals surface area (Å²) < 4.78 is 14.4. The maximum Gasteiger partial charge on any atom is 0.323 e. The Hall–Kier alpha value is -2.21. The first-order chi connectivity index (χ1) is 9.54. The van der Waals surface area contributed by atoms with Gasteiger partial charge < -0.3 is 9.97 Å². The van der Waals surface area contributed by atoms with Crippen LogP contribution in [0, 0.1) is 5.82 Å². The van der Waals surface area contributed by atoms with Crippen LogP contribution in [0.2, 0.25) is 0 Å². The second-order valence-electron chi connectivity index (χ2n) is 4.29. The third-order valence-electron chi connectivity index (χ3n) is 2.95. The van der Waals surface area contributed by atoms with Crippen molar-refractivity contribution in [2.45, 2.75) is 0 Å². The van der Waals surface area contributed by atoms with Crippen LogP contribution >= 0.6 is 15.9 Å². The molecule has 100 valence electrons. The van der Waals surface area contributed by atoms with Crippen molar-refractivity contribution in [3.63, 3.8) is 0 Å². The summed E-state index contributed by atoms with van der Waals surface area (Å²) in [6.07, 6.45) is 0. The summed E-state index contributed by atoms with van der Waals surface area (Å²) in [4.78, 5) is 28.6. The number of halogens is 2. The first-order valence-electron chi connectivity index (χ1n) is 5.76. The molecule has 20 heavy (non-hydrogen) atoms. The molecule has 0 radical (unpaired) electrons. The molecule has 0 aliphatic carbocycles. The lowest BCUT2D eigenvalue weighted by Crippen LogP contribution is -2.04. The van der Waals surface area contributed by atoms with Gasteiger partial charge in [-0.2, -0.15) is 0 Å². The van der Waals surface area contributed by atoms with Gasteiger partial charge in [0.25, 0.3) is 0 Å². The zero-order valence-corrected chi connectivity index (χ0v) is 11.6. The van der Waals surface area contributed by atoms with Crippen LogP contribution in [0.5, 0.6) is 0 Å². The molecule has 0 spiro atoms. The normalized spacial score (nSPS) is 10.9. The summed E-state index contributed by atoms with van der Waals surface area (Å²) in [6.45, 7) is 0. The number of hydrogen-bond acceptors (Lipinski definition) is 2. The molecular weight excluding hydrogens is 327 g/mol. The molecule has 6 heteroatoms. The number of ketones is 1. The van der Waals surface area contributed by atoms with Crippen molar-refractivity contribution >= 4 is 32.7 Å². The Morgan fingerprint density at radius 3 is 2.55 bits per heavy atom. The number of hydrogen-bond donors (Lipinski definition) is 2. The van der Waals surface area contributed by atoms with Crippen LogP contribution in [0.3, 0.4) is 0 Å². The molecule has 2 N–H and O–H groups in total. The maximum absolute atomic E-state index is 13.8. The van der Waals surface area contributed by atoms with E-state index < -0.39 is 11.6 Å². The largest absolute Gasteiger partial charge is 0.323 e. The summed E-state index contributed by atoms with van der Waals surface area (Å²) in [7, 11) is 0. The summed E-state index contributed by atoms with van der Waals surface area (Å²) in [6, 6.07) is 8.95. The standard InChI is InChI=1S/C14H8BrFN2O2/c15-8-2-3-9(10(16)6-8)13(19)7-1-4-11-12(5-7)18-14(20)17-11/h1-6H,(H2,17,18,20). The second kappa shape index (κ2) is 4.72. The number of aromatic nitrogens is 2. The van der Waals surface area contributed by atoms with Crippen molar-refractivity contribution < 1.29 is 9.18 Å². The van der Waals surface area contributed by atoms with Gasteiger partial charge in [0.2, 0.25) is 0 Å². The number of nitrogens with one attached hydrogen (secondary N) is 2. The number of H-pyrrole nitrogens is 2. The van der Waals surface area contributed by atoms with E-state index in [4.69, 9.17) is 0 Å². The number of fused-ring (bicyclic) bond motifs is 1. The van der Waals surface area contributed by atoms with Crippen molar-refractivity contribution in [2.24, 2.45) is 0 Å². The van der Waals surface area contributed by atoms with E-state index in [9.17, 15) is 14.0 Å². The third-order valence-corrected chi connectivity index (χ3v) is 3.45. The van der Waals surface area contributed by atoms with E-state index in [1.165, 1.54) is 18.2 Å². The molecule has 3 rings (SSSR count). The number of aromatic amines is 2. The van der Waals surface area contributed by atoms with Crippen molar-refractivity contribution in [1.29, 1.82) is 0 Å². The molecule has 0 aliphatic rings. The molecule has 0 unspecified atom stereocenters. The average Bonchev–Trinajstić information content (AvgIpc) is 2.77. The van der Waals surface area contributed by atoms with Crippen LogP contribution in [-0.2, 0) is 0 Å². The van der Waals surface area contributed by atoms with Gasteiger partial charge in [-0.05, 0) is 36.4 Å². The Balaban J connectivity index is 2.09. The van der Waals surface area contributed by atoms with Gasteiger partial charge in [-0.3, -0.25) is 4.79 Å². The van der Waals surface area contributed by atoms with Crippen molar-refractivity contribution in [1.82, 2.24) is 9.97 Å². The van der Waals surface area contributed by atoms with E-state index in [1.807, 2.05) is 0 Å². The van der Waals surface area contributed by atoms with Crippen molar-refractivity contribution in [2.75, 3.05) is 0 Å². The predicted octanol–water partition coefficient (Wildman–Crippen LogP) is 2.99. The smallest absolute Gasteiger partial charge is 0.306 e. The van der Waals surface area contributed by atoms with E-state index in [0.717, 1.165) is 0 Å². The lowest BCUT2D eigenvalue weighted by atomic mass is 10.0. The quantitative estimate of drug-likeness (QED) is 0.707. The first-order valence-corrected chi connectivity index (χ1v) is 6.56. The highest BCUT2D eigenvalue weighted by Gasteiger charge is 2.15. The number of carbonyl (C=O) groups is 1. The minimum atomic E-state index is -0.591. The highest BCUT2D eigenvalue weighted by molar-refractivity contribution is 9.10. The van der Waals surface area contributed by atoms with Crippen LogP contribution < -0.4 is 5.69 Å². The Bertz CT molecular complexity index is 882. The second-order valence-corrected chi connectivity index (χ2v) is 5.21. The third kappa shape index (κ3) is 2.18. The molecule has 2 aromatic carbocycles. The SMILES string of the molecule is O=C(c1ccc2[nH]c(=O)[nH]c2c1)c1ccc(Br)cc1F. The molecule has 1 heterocycles. The van der Waals surface area contributed by atoms with E-state index in [1.54, 1.807) is 18.2 Å². The number of imidazole rings is 1. The fourth-order valence-corrected chi connectivity index (χ4v) is 2.34. The Kier molecular flexibility index (Phi) is 3.02. The summed E-state index contributed by atoms with van der Waals surface area (Å²) in [5, 5.41) is 0. The molecule has 0 saturated heterocycles.